The van der Waals surface area contributed by atoms with Gasteiger partial charge in [-0.3, -0.25) is 9.97 Å². The number of nitrogens with two attached hydrogens (primary N) is 2. The molecule has 2 aliphatic rings. The van der Waals surface area contributed by atoms with Gasteiger partial charge in [0, 0.05) is 12.6 Å². The Balaban J connectivity index is 1.19. The van der Waals surface area contributed by atoms with Gasteiger partial charge in [0.1, 0.15) is 5.75 Å². The maximum atomic E-state index is 6.34. The zero-order chi connectivity index (χ0) is 25.5. The van der Waals surface area contributed by atoms with E-state index in [0.717, 1.165) is 41.1 Å². The Morgan fingerprint density at radius 2 is 1.89 bits per heavy atom. The first kappa shape index (κ1) is 25.7. The van der Waals surface area contributed by atoms with Crippen molar-refractivity contribution < 1.29 is 4.74 Å². The van der Waals surface area contributed by atoms with E-state index >= 15 is 0 Å². The summed E-state index contributed by atoms with van der Waals surface area (Å²) < 4.78 is 5.93. The zero-order valence-electron chi connectivity index (χ0n) is 21.2. The monoisotopic (exact) mass is 520 g/mol. The Morgan fingerprint density at radius 3 is 2.73 bits per heavy atom. The van der Waals surface area contributed by atoms with Crippen LogP contribution in [0.1, 0.15) is 44.9 Å². The fraction of sp³-hybridized carbons (Fsp3) is 0.481. The molecule has 37 heavy (non-hydrogen) atoms. The number of thioether (sulfide) groups is 1. The molecule has 2 fully saturated rings. The van der Waals surface area contributed by atoms with Crippen molar-refractivity contribution in [3.8, 4) is 5.75 Å². The Morgan fingerprint density at radius 1 is 1.08 bits per heavy atom. The molecule has 1 unspecified atom stereocenters. The minimum absolute atomic E-state index is 0.0254. The minimum Gasteiger partial charge on any atom is -0.492 e. The van der Waals surface area contributed by atoms with E-state index in [1.54, 1.807) is 18.6 Å². The van der Waals surface area contributed by atoms with Crippen LogP contribution in [-0.2, 0) is 0 Å². The number of anilines is 2. The van der Waals surface area contributed by atoms with Crippen LogP contribution in [0.2, 0.25) is 0 Å². The molecule has 1 saturated carbocycles. The number of hydrogen-bond acceptors (Lipinski definition) is 9. The highest BCUT2D eigenvalue weighted by atomic mass is 32.2. The molecule has 3 aromatic rings. The third-order valence-corrected chi connectivity index (χ3v) is 7.95. The molecule has 1 saturated heterocycles. The summed E-state index contributed by atoms with van der Waals surface area (Å²) in [5.74, 6) is 1.80. The van der Waals surface area contributed by atoms with E-state index in [2.05, 4.69) is 30.2 Å². The Labute approximate surface area is 222 Å². The van der Waals surface area contributed by atoms with Gasteiger partial charge in [0.2, 0.25) is 0 Å². The molecular weight excluding hydrogens is 484 g/mol. The van der Waals surface area contributed by atoms with Crippen LogP contribution in [-0.4, -0.2) is 56.6 Å². The van der Waals surface area contributed by atoms with Gasteiger partial charge < -0.3 is 26.4 Å². The number of rotatable bonds is 10. The summed E-state index contributed by atoms with van der Waals surface area (Å²) in [7, 11) is 0. The van der Waals surface area contributed by atoms with Gasteiger partial charge in [-0.15, -0.1) is 0 Å². The lowest BCUT2D eigenvalue weighted by Crippen LogP contribution is -2.28. The number of aliphatic imine (C=N–C) groups is 1. The molecule has 1 aliphatic heterocycles. The number of fused-ring (bicyclic) bond motifs is 1. The SMILES string of the molecule is NC(=Nc1ccc2ncc(Nc3cncc(OCCCN4CCCC4)c3)cc2n1)SC(N)C1CCCC1. The highest BCUT2D eigenvalue weighted by Gasteiger charge is 2.23. The zero-order valence-corrected chi connectivity index (χ0v) is 22.0. The number of amidine groups is 1. The van der Waals surface area contributed by atoms with Gasteiger partial charge in [-0.25, -0.2) is 9.98 Å². The second-order valence-corrected chi connectivity index (χ2v) is 11.0. The van der Waals surface area contributed by atoms with Crippen molar-refractivity contribution in [3.05, 3.63) is 42.9 Å². The highest BCUT2D eigenvalue weighted by molar-refractivity contribution is 8.14. The molecule has 3 aromatic heterocycles. The van der Waals surface area contributed by atoms with Crippen molar-refractivity contribution in [2.75, 3.05) is 31.6 Å². The lowest BCUT2D eigenvalue weighted by molar-refractivity contribution is 0.263. The van der Waals surface area contributed by atoms with Crippen molar-refractivity contribution in [1.82, 2.24) is 19.9 Å². The van der Waals surface area contributed by atoms with Crippen LogP contribution < -0.4 is 21.5 Å². The topological polar surface area (TPSA) is 128 Å². The molecule has 196 valence electrons. The molecule has 1 aliphatic carbocycles. The smallest absolute Gasteiger partial charge is 0.162 e. The van der Waals surface area contributed by atoms with Crippen molar-refractivity contribution in [1.29, 1.82) is 0 Å². The molecule has 0 aromatic carbocycles. The normalized spacial score (nSPS) is 17.9. The van der Waals surface area contributed by atoms with E-state index in [0.29, 0.717) is 23.5 Å². The summed E-state index contributed by atoms with van der Waals surface area (Å²) in [6.45, 7) is 4.19. The van der Waals surface area contributed by atoms with Gasteiger partial charge in [0.25, 0.3) is 0 Å². The summed E-state index contributed by atoms with van der Waals surface area (Å²) in [5.41, 5.74) is 15.7. The quantitative estimate of drug-likeness (QED) is 0.150. The number of hydrogen-bond donors (Lipinski definition) is 3. The fourth-order valence-electron chi connectivity index (χ4n) is 5.00. The molecule has 0 bridgehead atoms. The number of pyridine rings is 3. The number of likely N-dealkylation sites (tertiary alicyclic amines) is 1. The van der Waals surface area contributed by atoms with E-state index in [1.807, 2.05) is 24.3 Å². The van der Waals surface area contributed by atoms with E-state index < -0.39 is 0 Å². The summed E-state index contributed by atoms with van der Waals surface area (Å²) in [6, 6.07) is 7.62. The van der Waals surface area contributed by atoms with E-state index in [9.17, 15) is 0 Å². The highest BCUT2D eigenvalue weighted by Crippen LogP contribution is 2.32. The van der Waals surface area contributed by atoms with Crippen LogP contribution in [0.4, 0.5) is 17.2 Å². The third kappa shape index (κ3) is 7.30. The lowest BCUT2D eigenvalue weighted by Gasteiger charge is -2.17. The first-order valence-corrected chi connectivity index (χ1v) is 14.1. The number of ether oxygens (including phenoxy) is 1. The largest absolute Gasteiger partial charge is 0.492 e. The Bertz CT molecular complexity index is 1210. The van der Waals surface area contributed by atoms with Crippen LogP contribution in [0, 0.1) is 5.92 Å². The van der Waals surface area contributed by atoms with Crippen molar-refractivity contribution in [2.24, 2.45) is 22.4 Å². The van der Waals surface area contributed by atoms with E-state index in [4.69, 9.17) is 16.2 Å². The summed E-state index contributed by atoms with van der Waals surface area (Å²) in [5, 5.41) is 3.77. The molecule has 5 N–H and O–H groups in total. The standard InChI is InChI=1S/C27H36N8OS/c28-26(19-6-1-2-7-19)37-27(29)34-25-9-8-23-24(33-25)15-21(17-31-23)32-20-14-22(18-30-16-20)36-13-5-12-35-10-3-4-11-35/h8-9,14-19,26,32H,1-7,10-13,28H2,(H2,29,33,34). The van der Waals surface area contributed by atoms with Crippen LogP contribution in [0.25, 0.3) is 11.0 Å². The summed E-state index contributed by atoms with van der Waals surface area (Å²) >= 11 is 1.43. The maximum Gasteiger partial charge on any atom is 0.162 e. The molecule has 0 spiro atoms. The van der Waals surface area contributed by atoms with Crippen LogP contribution in [0.5, 0.6) is 5.75 Å². The lowest BCUT2D eigenvalue weighted by atomic mass is 10.1. The summed E-state index contributed by atoms with van der Waals surface area (Å²) in [4.78, 5) is 20.5. The van der Waals surface area contributed by atoms with E-state index in [-0.39, 0.29) is 5.37 Å². The number of nitrogens with one attached hydrogen (secondary N) is 1. The Hall–Kier alpha value is -2.95. The second-order valence-electron chi connectivity index (χ2n) is 9.79. The predicted molar refractivity (Wildman–Crippen MR) is 152 cm³/mol. The average molecular weight is 521 g/mol. The molecule has 1 atom stereocenters. The minimum atomic E-state index is -0.0254. The fourth-order valence-corrected chi connectivity index (χ4v) is 5.89. The molecular formula is C27H36N8OS. The average Bonchev–Trinajstić information content (AvgIpc) is 3.62. The van der Waals surface area contributed by atoms with Gasteiger partial charge in [-0.1, -0.05) is 24.6 Å². The van der Waals surface area contributed by atoms with Crippen molar-refractivity contribution in [3.63, 3.8) is 0 Å². The van der Waals surface area contributed by atoms with Crippen LogP contribution in [0.3, 0.4) is 0 Å². The Kier molecular flexibility index (Phi) is 8.70. The van der Waals surface area contributed by atoms with Crippen LogP contribution in [0.15, 0.2) is 47.8 Å². The van der Waals surface area contributed by atoms with E-state index in [1.165, 1.54) is 63.4 Å². The molecule has 9 nitrogen and oxygen atoms in total. The number of aromatic nitrogens is 3. The second kappa shape index (κ2) is 12.5. The molecule has 0 amide bonds. The van der Waals surface area contributed by atoms with Gasteiger partial charge >= 0.3 is 0 Å². The first-order valence-electron chi connectivity index (χ1n) is 13.2. The predicted octanol–water partition coefficient (Wildman–Crippen LogP) is 4.79. The maximum absolute atomic E-state index is 6.34. The summed E-state index contributed by atoms with van der Waals surface area (Å²) in [6.07, 6.45) is 13.8. The first-order chi connectivity index (χ1) is 18.1. The van der Waals surface area contributed by atoms with Crippen molar-refractivity contribution >= 4 is 45.2 Å². The third-order valence-electron chi connectivity index (χ3n) is 6.96. The molecule has 0 radical (unpaired) electrons. The van der Waals surface area contributed by atoms with Gasteiger partial charge in [-0.2, -0.15) is 0 Å². The van der Waals surface area contributed by atoms with Gasteiger partial charge in [0.05, 0.1) is 53.0 Å². The van der Waals surface area contributed by atoms with Crippen LogP contribution >= 0.6 is 11.8 Å². The van der Waals surface area contributed by atoms with Gasteiger partial charge in [0.15, 0.2) is 11.0 Å². The molecule has 10 heteroatoms. The molecule has 4 heterocycles. The van der Waals surface area contributed by atoms with Gasteiger partial charge in [-0.05, 0) is 69.3 Å². The number of nitrogens with zero attached hydrogens (tertiary/aromatic N) is 5. The molecule has 5 rings (SSSR count). The van der Waals surface area contributed by atoms with Crippen molar-refractivity contribution in [2.45, 2.75) is 50.3 Å².